The van der Waals surface area contributed by atoms with Gasteiger partial charge in [-0.15, -0.1) is 0 Å². The van der Waals surface area contributed by atoms with Crippen molar-refractivity contribution in [3.8, 4) is 0 Å². The van der Waals surface area contributed by atoms with Crippen LogP contribution >= 0.6 is 0 Å². The predicted octanol–water partition coefficient (Wildman–Crippen LogP) is 3.16. The Balaban J connectivity index is 1.80. The van der Waals surface area contributed by atoms with Crippen LogP contribution in [-0.4, -0.2) is 70.6 Å². The molecule has 1 saturated heterocycles. The molecule has 1 aliphatic rings. The van der Waals surface area contributed by atoms with Crippen LogP contribution in [0.3, 0.4) is 0 Å². The molecule has 1 amide bonds. The maximum absolute atomic E-state index is 13.4. The molecule has 9 heteroatoms. The van der Waals surface area contributed by atoms with Crippen molar-refractivity contribution in [3.05, 3.63) is 30.1 Å². The highest BCUT2D eigenvalue weighted by Gasteiger charge is 2.38. The van der Waals surface area contributed by atoms with E-state index in [9.17, 15) is 14.4 Å². The molecule has 0 spiro atoms. The van der Waals surface area contributed by atoms with Gasteiger partial charge in [0.1, 0.15) is 5.60 Å². The van der Waals surface area contributed by atoms with Crippen molar-refractivity contribution in [2.75, 3.05) is 20.2 Å². The third-order valence-corrected chi connectivity index (χ3v) is 5.62. The molecule has 0 radical (unpaired) electrons. The number of methoxy groups -OCH3 is 1. The van der Waals surface area contributed by atoms with Gasteiger partial charge in [0, 0.05) is 19.1 Å². The summed E-state index contributed by atoms with van der Waals surface area (Å²) in [5.41, 5.74) is 0.862. The van der Waals surface area contributed by atoms with Crippen molar-refractivity contribution in [2.45, 2.75) is 58.7 Å². The molecule has 3 atom stereocenters. The van der Waals surface area contributed by atoms with E-state index in [-0.39, 0.29) is 36.1 Å². The highest BCUT2D eigenvalue weighted by atomic mass is 16.6. The molecule has 0 aliphatic carbocycles. The number of fused-ring (bicyclic) bond motifs is 1. The summed E-state index contributed by atoms with van der Waals surface area (Å²) < 4.78 is 10.5. The third-order valence-electron chi connectivity index (χ3n) is 5.62. The number of likely N-dealkylation sites (tertiary alicyclic amines) is 1. The second-order valence-corrected chi connectivity index (χ2v) is 9.89. The van der Waals surface area contributed by atoms with Crippen molar-refractivity contribution >= 4 is 28.9 Å². The Morgan fingerprint density at radius 3 is 2.48 bits per heavy atom. The van der Waals surface area contributed by atoms with Gasteiger partial charge in [0.25, 0.3) is 0 Å². The number of amides is 1. The first-order chi connectivity index (χ1) is 15.5. The standard InChI is InChI=1S/C24H34N4O5/c1-14(2)19(20(29)21-26-17-9-7-8-10-18(17)27-21)25-16-11-15(22(30)32-6)12-28(13-16)23(31)33-24(3,4)5/h7-10,14-16,19,25H,11-13H2,1-6H3,(H,26,27). The zero-order valence-corrected chi connectivity index (χ0v) is 20.2. The van der Waals surface area contributed by atoms with E-state index in [0.717, 1.165) is 11.0 Å². The molecule has 1 aromatic carbocycles. The molecule has 2 aromatic rings. The van der Waals surface area contributed by atoms with Gasteiger partial charge in [0.15, 0.2) is 5.82 Å². The number of aromatic amines is 1. The average molecular weight is 459 g/mol. The zero-order chi connectivity index (χ0) is 24.3. The van der Waals surface area contributed by atoms with Crippen LogP contribution < -0.4 is 5.32 Å². The number of hydrogen-bond donors (Lipinski definition) is 2. The Morgan fingerprint density at radius 2 is 1.88 bits per heavy atom. The summed E-state index contributed by atoms with van der Waals surface area (Å²) in [6.45, 7) is 9.81. The zero-order valence-electron chi connectivity index (χ0n) is 20.2. The first kappa shape index (κ1) is 24.7. The Labute approximate surface area is 194 Å². The van der Waals surface area contributed by atoms with Crippen molar-refractivity contribution < 1.29 is 23.9 Å². The van der Waals surface area contributed by atoms with Crippen LogP contribution in [0.1, 0.15) is 51.7 Å². The van der Waals surface area contributed by atoms with Crippen LogP contribution in [0.25, 0.3) is 11.0 Å². The molecule has 3 unspecified atom stereocenters. The number of hydrogen-bond acceptors (Lipinski definition) is 7. The Hall–Kier alpha value is -2.94. The highest BCUT2D eigenvalue weighted by molar-refractivity contribution is 5.99. The Morgan fingerprint density at radius 1 is 1.18 bits per heavy atom. The number of carbonyl (C=O) groups is 3. The van der Waals surface area contributed by atoms with Crippen molar-refractivity contribution in [1.29, 1.82) is 0 Å². The Kier molecular flexibility index (Phi) is 7.41. The van der Waals surface area contributed by atoms with Gasteiger partial charge >= 0.3 is 12.1 Å². The van der Waals surface area contributed by atoms with Crippen molar-refractivity contribution in [1.82, 2.24) is 20.2 Å². The van der Waals surface area contributed by atoms with Crippen LogP contribution in [0.4, 0.5) is 4.79 Å². The third kappa shape index (κ3) is 6.10. The van der Waals surface area contributed by atoms with Gasteiger partial charge in [-0.2, -0.15) is 0 Å². The first-order valence-electron chi connectivity index (χ1n) is 11.3. The Bertz CT molecular complexity index is 977. The van der Waals surface area contributed by atoms with E-state index in [2.05, 4.69) is 15.3 Å². The fourth-order valence-corrected chi connectivity index (χ4v) is 4.07. The number of benzene rings is 1. The molecule has 0 bridgehead atoms. The van der Waals surface area contributed by atoms with Crippen molar-refractivity contribution in [2.24, 2.45) is 11.8 Å². The van der Waals surface area contributed by atoms with E-state index in [1.54, 1.807) is 20.8 Å². The molecule has 9 nitrogen and oxygen atoms in total. The lowest BCUT2D eigenvalue weighted by Gasteiger charge is -2.39. The van der Waals surface area contributed by atoms with Gasteiger partial charge in [-0.3, -0.25) is 9.59 Å². The largest absolute Gasteiger partial charge is 0.469 e. The smallest absolute Gasteiger partial charge is 0.410 e. The second kappa shape index (κ2) is 9.91. The lowest BCUT2D eigenvalue weighted by atomic mass is 9.91. The van der Waals surface area contributed by atoms with E-state index in [1.807, 2.05) is 38.1 Å². The van der Waals surface area contributed by atoms with Gasteiger partial charge in [-0.25, -0.2) is 9.78 Å². The summed E-state index contributed by atoms with van der Waals surface area (Å²) in [6.07, 6.45) is -0.0459. The SMILES string of the molecule is COC(=O)C1CC(NC(C(=O)c2nc3ccccc3[nH]2)C(C)C)CN(C(=O)OC(C)(C)C)C1. The van der Waals surface area contributed by atoms with E-state index in [4.69, 9.17) is 9.47 Å². The van der Waals surface area contributed by atoms with Gasteiger partial charge < -0.3 is 24.7 Å². The summed E-state index contributed by atoms with van der Waals surface area (Å²) in [7, 11) is 1.33. The number of esters is 1. The number of carbonyl (C=O) groups excluding carboxylic acids is 3. The van der Waals surface area contributed by atoms with Gasteiger partial charge in [0.2, 0.25) is 5.78 Å². The maximum Gasteiger partial charge on any atom is 0.410 e. The molecule has 1 aromatic heterocycles. The first-order valence-corrected chi connectivity index (χ1v) is 11.3. The number of piperidine rings is 1. The van der Waals surface area contributed by atoms with Crippen LogP contribution in [0.5, 0.6) is 0 Å². The summed E-state index contributed by atoms with van der Waals surface area (Å²) in [6, 6.07) is 6.63. The maximum atomic E-state index is 13.4. The molecular weight excluding hydrogens is 424 g/mol. The summed E-state index contributed by atoms with van der Waals surface area (Å²) in [5.74, 6) is -0.821. The molecular formula is C24H34N4O5. The minimum atomic E-state index is -0.657. The molecule has 2 heterocycles. The van der Waals surface area contributed by atoms with Crippen LogP contribution in [0.2, 0.25) is 0 Å². The number of para-hydroxylation sites is 2. The fourth-order valence-electron chi connectivity index (χ4n) is 4.07. The summed E-state index contributed by atoms with van der Waals surface area (Å²) in [5, 5.41) is 3.39. The summed E-state index contributed by atoms with van der Waals surface area (Å²) >= 11 is 0. The quantitative estimate of drug-likeness (QED) is 0.505. The summed E-state index contributed by atoms with van der Waals surface area (Å²) in [4.78, 5) is 47.5. The van der Waals surface area contributed by atoms with Gasteiger partial charge in [-0.1, -0.05) is 26.0 Å². The number of rotatable bonds is 6. The van der Waals surface area contributed by atoms with Gasteiger partial charge in [-0.05, 0) is 45.2 Å². The van der Waals surface area contributed by atoms with Gasteiger partial charge in [0.05, 0.1) is 30.1 Å². The lowest BCUT2D eigenvalue weighted by molar-refractivity contribution is -0.147. The number of imidazole rings is 1. The number of H-pyrrole nitrogens is 1. The highest BCUT2D eigenvalue weighted by Crippen LogP contribution is 2.23. The molecule has 2 N–H and O–H groups in total. The molecule has 1 aliphatic heterocycles. The number of nitrogens with zero attached hydrogens (tertiary/aromatic N) is 2. The lowest BCUT2D eigenvalue weighted by Crippen LogP contribution is -2.57. The minimum absolute atomic E-state index is 0.0424. The monoisotopic (exact) mass is 458 g/mol. The van der Waals surface area contributed by atoms with E-state index < -0.39 is 23.7 Å². The number of aromatic nitrogens is 2. The molecule has 0 saturated carbocycles. The van der Waals surface area contributed by atoms with E-state index in [0.29, 0.717) is 13.0 Å². The molecule has 1 fully saturated rings. The van der Waals surface area contributed by atoms with Crippen LogP contribution in [0.15, 0.2) is 24.3 Å². The van der Waals surface area contributed by atoms with Crippen molar-refractivity contribution in [3.63, 3.8) is 0 Å². The fraction of sp³-hybridized carbons (Fsp3) is 0.583. The minimum Gasteiger partial charge on any atom is -0.469 e. The normalized spacial score (nSPS) is 20.0. The van der Waals surface area contributed by atoms with E-state index in [1.165, 1.54) is 12.0 Å². The van der Waals surface area contributed by atoms with Crippen LogP contribution in [0, 0.1) is 11.8 Å². The number of ketones is 1. The molecule has 33 heavy (non-hydrogen) atoms. The number of Topliss-reactive ketones (excluding diaryl/α,β-unsaturated/α-hetero) is 1. The number of ether oxygens (including phenoxy) is 2. The van der Waals surface area contributed by atoms with E-state index >= 15 is 0 Å². The predicted molar refractivity (Wildman–Crippen MR) is 124 cm³/mol. The van der Waals surface area contributed by atoms with Crippen LogP contribution in [-0.2, 0) is 14.3 Å². The molecule has 3 rings (SSSR count). The second-order valence-electron chi connectivity index (χ2n) is 9.89. The molecule has 180 valence electrons. The topological polar surface area (TPSA) is 114 Å². The average Bonchev–Trinajstić information content (AvgIpc) is 3.19. The number of nitrogens with one attached hydrogen (secondary N) is 2.